The first-order valence-electron chi connectivity index (χ1n) is 6.07. The molecule has 1 aromatic carbocycles. The van der Waals surface area contributed by atoms with Crippen LogP contribution in [0.4, 0.5) is 0 Å². The predicted octanol–water partition coefficient (Wildman–Crippen LogP) is 0.787. The van der Waals surface area contributed by atoms with Crippen molar-refractivity contribution in [2.75, 3.05) is 6.54 Å². The maximum absolute atomic E-state index is 10.7. The summed E-state index contributed by atoms with van der Waals surface area (Å²) in [7, 11) is 0. The summed E-state index contributed by atoms with van der Waals surface area (Å²) in [6, 6.07) is 7.12. The van der Waals surface area contributed by atoms with Gasteiger partial charge in [-0.25, -0.2) is 0 Å². The molecule has 5 heteroatoms. The third kappa shape index (κ3) is 4.05. The third-order valence-electron chi connectivity index (χ3n) is 2.92. The van der Waals surface area contributed by atoms with Crippen LogP contribution in [0.2, 0.25) is 0 Å². The fraction of sp³-hybridized carbons (Fsp3) is 0.429. The van der Waals surface area contributed by atoms with Gasteiger partial charge in [-0.15, -0.1) is 0 Å². The topological polar surface area (TPSA) is 93.3 Å². The lowest BCUT2D eigenvalue weighted by Gasteiger charge is -2.21. The first kappa shape index (κ1) is 15.2. The van der Waals surface area contributed by atoms with E-state index in [1.165, 1.54) is 6.92 Å². The average Bonchev–Trinajstić information content (AvgIpc) is 2.37. The van der Waals surface area contributed by atoms with Gasteiger partial charge in [0.25, 0.3) is 0 Å². The zero-order valence-corrected chi connectivity index (χ0v) is 11.1. The molecule has 3 N–H and O–H groups in total. The number of nitrogens with one attached hydrogen (secondary N) is 1. The fourth-order valence-corrected chi connectivity index (χ4v) is 1.92. The number of aliphatic hydroxyl groups excluding tert-OH is 2. The van der Waals surface area contributed by atoms with E-state index < -0.39 is 12.2 Å². The summed E-state index contributed by atoms with van der Waals surface area (Å²) in [6.45, 7) is 3.44. The maximum atomic E-state index is 10.7. The normalized spacial score (nSPS) is 13.4. The molecule has 2 atom stereocenters. The van der Waals surface area contributed by atoms with Crippen LogP contribution >= 0.6 is 0 Å². The number of carbonyl (C=O) groups is 1. The standard InChI is InChI=1S/C14H18N2O3/c1-9-4-3-5-11(8-15)13(9)14(19)12(18)6-7-16-10(2)17/h3-5,12,14,18-19H,6-7H2,1-2H3,(H,16,17). The van der Waals surface area contributed by atoms with Crippen molar-refractivity contribution in [2.24, 2.45) is 0 Å². The van der Waals surface area contributed by atoms with E-state index in [0.717, 1.165) is 5.56 Å². The van der Waals surface area contributed by atoms with E-state index in [9.17, 15) is 15.0 Å². The van der Waals surface area contributed by atoms with Crippen molar-refractivity contribution in [3.05, 3.63) is 34.9 Å². The summed E-state index contributed by atoms with van der Waals surface area (Å²) in [5.74, 6) is -0.185. The van der Waals surface area contributed by atoms with Crippen molar-refractivity contribution >= 4 is 5.91 Å². The Labute approximate surface area is 112 Å². The summed E-state index contributed by atoms with van der Waals surface area (Å²) in [4.78, 5) is 10.7. The highest BCUT2D eigenvalue weighted by Crippen LogP contribution is 2.25. The molecule has 0 saturated heterocycles. The van der Waals surface area contributed by atoms with Crippen molar-refractivity contribution in [1.29, 1.82) is 5.26 Å². The van der Waals surface area contributed by atoms with Crippen LogP contribution in [0, 0.1) is 18.3 Å². The monoisotopic (exact) mass is 262 g/mol. The average molecular weight is 262 g/mol. The summed E-state index contributed by atoms with van der Waals surface area (Å²) < 4.78 is 0. The molecule has 0 radical (unpaired) electrons. The van der Waals surface area contributed by atoms with E-state index >= 15 is 0 Å². The first-order chi connectivity index (χ1) is 8.97. The quantitative estimate of drug-likeness (QED) is 0.731. The SMILES string of the molecule is CC(=O)NCCC(O)C(O)c1c(C)cccc1C#N. The van der Waals surface area contributed by atoms with Crippen molar-refractivity contribution in [3.8, 4) is 6.07 Å². The lowest BCUT2D eigenvalue weighted by atomic mass is 9.93. The first-order valence-corrected chi connectivity index (χ1v) is 6.07. The van der Waals surface area contributed by atoms with Gasteiger partial charge in [-0.1, -0.05) is 12.1 Å². The molecular weight excluding hydrogens is 244 g/mol. The van der Waals surface area contributed by atoms with E-state index in [-0.39, 0.29) is 18.9 Å². The molecule has 0 aromatic heterocycles. The van der Waals surface area contributed by atoms with Crippen molar-refractivity contribution in [1.82, 2.24) is 5.32 Å². The third-order valence-corrected chi connectivity index (χ3v) is 2.92. The van der Waals surface area contributed by atoms with Gasteiger partial charge in [-0.3, -0.25) is 4.79 Å². The van der Waals surface area contributed by atoms with Crippen molar-refractivity contribution < 1.29 is 15.0 Å². The summed E-state index contributed by atoms with van der Waals surface area (Å²) in [5, 5.41) is 31.6. The Morgan fingerprint density at radius 2 is 2.16 bits per heavy atom. The molecule has 5 nitrogen and oxygen atoms in total. The van der Waals surface area contributed by atoms with Crippen LogP contribution in [0.3, 0.4) is 0 Å². The molecule has 0 fully saturated rings. The molecule has 0 aliphatic carbocycles. The molecule has 0 aliphatic rings. The van der Waals surface area contributed by atoms with E-state index in [4.69, 9.17) is 5.26 Å². The minimum Gasteiger partial charge on any atom is -0.390 e. The van der Waals surface area contributed by atoms with Crippen LogP contribution in [-0.2, 0) is 4.79 Å². The van der Waals surface area contributed by atoms with Gasteiger partial charge in [0, 0.05) is 19.0 Å². The van der Waals surface area contributed by atoms with Crippen LogP contribution in [0.1, 0.15) is 36.1 Å². The lowest BCUT2D eigenvalue weighted by molar-refractivity contribution is -0.119. The molecule has 2 unspecified atom stereocenters. The van der Waals surface area contributed by atoms with Crippen LogP contribution in [-0.4, -0.2) is 28.8 Å². The van der Waals surface area contributed by atoms with E-state index in [2.05, 4.69) is 5.32 Å². The Morgan fingerprint density at radius 3 is 2.74 bits per heavy atom. The maximum Gasteiger partial charge on any atom is 0.216 e. The fourth-order valence-electron chi connectivity index (χ4n) is 1.92. The largest absolute Gasteiger partial charge is 0.390 e. The Hall–Kier alpha value is -1.90. The highest BCUT2D eigenvalue weighted by atomic mass is 16.3. The van der Waals surface area contributed by atoms with Crippen LogP contribution < -0.4 is 5.32 Å². The van der Waals surface area contributed by atoms with Gasteiger partial charge in [0.15, 0.2) is 0 Å². The second-order valence-electron chi connectivity index (χ2n) is 4.43. The Morgan fingerprint density at radius 1 is 1.47 bits per heavy atom. The van der Waals surface area contributed by atoms with Crippen LogP contribution in [0.25, 0.3) is 0 Å². The van der Waals surface area contributed by atoms with Gasteiger partial charge in [0.2, 0.25) is 5.91 Å². The number of rotatable bonds is 5. The predicted molar refractivity (Wildman–Crippen MR) is 70.2 cm³/mol. The molecule has 1 rings (SSSR count). The smallest absolute Gasteiger partial charge is 0.216 e. The Kier molecular flexibility index (Phi) is 5.49. The zero-order valence-electron chi connectivity index (χ0n) is 11.1. The van der Waals surface area contributed by atoms with E-state index in [1.807, 2.05) is 6.07 Å². The summed E-state index contributed by atoms with van der Waals surface area (Å²) in [5.41, 5.74) is 1.55. The lowest BCUT2D eigenvalue weighted by Crippen LogP contribution is -2.28. The molecule has 0 spiro atoms. The summed E-state index contributed by atoms with van der Waals surface area (Å²) >= 11 is 0. The number of nitriles is 1. The molecule has 19 heavy (non-hydrogen) atoms. The van der Waals surface area contributed by atoms with E-state index in [1.54, 1.807) is 25.1 Å². The van der Waals surface area contributed by atoms with Gasteiger partial charge in [-0.05, 0) is 25.0 Å². The number of aliphatic hydroxyl groups is 2. The van der Waals surface area contributed by atoms with Gasteiger partial charge >= 0.3 is 0 Å². The number of benzene rings is 1. The van der Waals surface area contributed by atoms with Gasteiger partial charge in [0.05, 0.1) is 17.7 Å². The van der Waals surface area contributed by atoms with E-state index in [0.29, 0.717) is 11.1 Å². The molecule has 0 heterocycles. The highest BCUT2D eigenvalue weighted by molar-refractivity contribution is 5.72. The summed E-state index contributed by atoms with van der Waals surface area (Å²) in [6.07, 6.45) is -1.94. The number of hydrogen-bond acceptors (Lipinski definition) is 4. The van der Waals surface area contributed by atoms with Gasteiger partial charge < -0.3 is 15.5 Å². The van der Waals surface area contributed by atoms with Crippen LogP contribution in [0.5, 0.6) is 0 Å². The molecule has 102 valence electrons. The number of amides is 1. The van der Waals surface area contributed by atoms with Crippen molar-refractivity contribution in [3.63, 3.8) is 0 Å². The molecular formula is C14H18N2O3. The molecule has 0 bridgehead atoms. The van der Waals surface area contributed by atoms with Gasteiger partial charge in [0.1, 0.15) is 6.10 Å². The highest BCUT2D eigenvalue weighted by Gasteiger charge is 2.22. The second kappa shape index (κ2) is 6.88. The Balaban J connectivity index is 2.80. The zero-order chi connectivity index (χ0) is 14.4. The van der Waals surface area contributed by atoms with Crippen molar-refractivity contribution in [2.45, 2.75) is 32.5 Å². The number of aryl methyl sites for hydroxylation is 1. The minimum absolute atomic E-state index is 0.185. The molecule has 0 aliphatic heterocycles. The minimum atomic E-state index is -1.13. The molecule has 1 amide bonds. The number of hydrogen-bond donors (Lipinski definition) is 3. The molecule has 1 aromatic rings. The second-order valence-corrected chi connectivity index (χ2v) is 4.43. The number of carbonyl (C=O) groups excluding carboxylic acids is 1. The number of nitrogens with zero attached hydrogens (tertiary/aromatic N) is 1. The molecule has 0 saturated carbocycles. The van der Waals surface area contributed by atoms with Gasteiger partial charge in [-0.2, -0.15) is 5.26 Å². The Bertz CT molecular complexity index is 494. The van der Waals surface area contributed by atoms with Crippen LogP contribution in [0.15, 0.2) is 18.2 Å².